The summed E-state index contributed by atoms with van der Waals surface area (Å²) in [5.74, 6) is 1.83. The van der Waals surface area contributed by atoms with Gasteiger partial charge in [0.2, 0.25) is 0 Å². The van der Waals surface area contributed by atoms with Crippen LogP contribution in [0.25, 0.3) is 11.0 Å². The summed E-state index contributed by atoms with van der Waals surface area (Å²) < 4.78 is 5.37. The van der Waals surface area contributed by atoms with Gasteiger partial charge in [-0.2, -0.15) is 0 Å². The number of nitrogens with one attached hydrogen (secondary N) is 1. The van der Waals surface area contributed by atoms with E-state index < -0.39 is 11.9 Å². The average molecular weight is 241 g/mol. The average Bonchev–Trinajstić information content (AvgIpc) is 2.38. The Morgan fingerprint density at radius 1 is 1.44 bits per heavy atom. The van der Waals surface area contributed by atoms with Crippen molar-refractivity contribution >= 4 is 16.9 Å². The molecule has 1 N–H and O–H groups in total. The van der Waals surface area contributed by atoms with Crippen LogP contribution in [0, 0.1) is 12.3 Å². The minimum absolute atomic E-state index is 0.0409. The van der Waals surface area contributed by atoms with Gasteiger partial charge in [-0.1, -0.05) is 18.1 Å². The van der Waals surface area contributed by atoms with Crippen molar-refractivity contribution < 1.29 is 9.21 Å². The molecule has 1 unspecified atom stereocenters. The van der Waals surface area contributed by atoms with Gasteiger partial charge in [0.15, 0.2) is 11.2 Å². The molecule has 0 saturated heterocycles. The number of fused-ring (bicyclic) bond motifs is 1. The normalized spacial score (nSPS) is 11.8. The maximum atomic E-state index is 11.8. The Bertz CT molecular complexity index is 694. The fraction of sp³-hybridized carbons (Fsp3) is 0.143. The van der Waals surface area contributed by atoms with E-state index in [1.807, 2.05) is 0 Å². The van der Waals surface area contributed by atoms with Crippen LogP contribution in [0.3, 0.4) is 0 Å². The summed E-state index contributed by atoms with van der Waals surface area (Å²) in [6.45, 7) is 1.66. The van der Waals surface area contributed by atoms with Crippen LogP contribution in [0.2, 0.25) is 0 Å². The number of rotatable bonds is 2. The zero-order valence-electron chi connectivity index (χ0n) is 9.77. The molecular formula is C14H11NO3. The highest BCUT2D eigenvalue weighted by Gasteiger charge is 2.13. The third-order valence-corrected chi connectivity index (χ3v) is 2.46. The molecule has 0 aliphatic heterocycles. The van der Waals surface area contributed by atoms with Crippen molar-refractivity contribution in [3.8, 4) is 12.3 Å². The Morgan fingerprint density at radius 3 is 2.89 bits per heavy atom. The maximum Gasteiger partial charge on any atom is 0.288 e. The molecule has 0 spiro atoms. The van der Waals surface area contributed by atoms with E-state index in [0.717, 1.165) is 0 Å². The zero-order valence-corrected chi connectivity index (χ0v) is 9.77. The lowest BCUT2D eigenvalue weighted by Crippen LogP contribution is -2.31. The largest absolute Gasteiger partial charge is 0.451 e. The van der Waals surface area contributed by atoms with E-state index in [1.165, 1.54) is 6.07 Å². The summed E-state index contributed by atoms with van der Waals surface area (Å²) in [5, 5.41) is 2.97. The molecule has 2 aromatic rings. The van der Waals surface area contributed by atoms with Crippen LogP contribution in [0.5, 0.6) is 0 Å². The van der Waals surface area contributed by atoms with E-state index in [0.29, 0.717) is 11.0 Å². The van der Waals surface area contributed by atoms with Crippen molar-refractivity contribution in [1.82, 2.24) is 5.32 Å². The summed E-state index contributed by atoms with van der Waals surface area (Å²) in [6.07, 6.45) is 5.16. The van der Waals surface area contributed by atoms with Crippen molar-refractivity contribution in [3.05, 3.63) is 46.3 Å². The molecule has 2 rings (SSSR count). The number of carbonyl (C=O) groups is 1. The molecule has 0 saturated carbocycles. The van der Waals surface area contributed by atoms with Gasteiger partial charge in [0, 0.05) is 6.07 Å². The van der Waals surface area contributed by atoms with Gasteiger partial charge in [0.1, 0.15) is 5.58 Å². The first-order valence-corrected chi connectivity index (χ1v) is 5.41. The number of hydrogen-bond acceptors (Lipinski definition) is 3. The van der Waals surface area contributed by atoms with E-state index >= 15 is 0 Å². The Balaban J connectivity index is 2.44. The van der Waals surface area contributed by atoms with Crippen molar-refractivity contribution in [3.63, 3.8) is 0 Å². The Hall–Kier alpha value is -2.54. The Morgan fingerprint density at radius 2 is 2.17 bits per heavy atom. The lowest BCUT2D eigenvalue weighted by Gasteiger charge is -2.07. The van der Waals surface area contributed by atoms with Crippen LogP contribution in [-0.2, 0) is 0 Å². The highest BCUT2D eigenvalue weighted by molar-refractivity contribution is 5.93. The summed E-state index contributed by atoms with van der Waals surface area (Å²) in [5.41, 5.74) is 0.124. The third-order valence-electron chi connectivity index (χ3n) is 2.46. The van der Waals surface area contributed by atoms with E-state index in [1.54, 1.807) is 31.2 Å². The van der Waals surface area contributed by atoms with Crippen LogP contribution in [0.1, 0.15) is 17.5 Å². The van der Waals surface area contributed by atoms with E-state index in [2.05, 4.69) is 11.2 Å². The van der Waals surface area contributed by atoms with Gasteiger partial charge in [-0.15, -0.1) is 6.42 Å². The smallest absolute Gasteiger partial charge is 0.288 e. The molecular weight excluding hydrogens is 230 g/mol. The molecule has 1 heterocycles. The zero-order chi connectivity index (χ0) is 13.1. The van der Waals surface area contributed by atoms with Crippen LogP contribution in [-0.4, -0.2) is 11.9 Å². The first-order valence-electron chi connectivity index (χ1n) is 5.41. The Labute approximate surface area is 104 Å². The van der Waals surface area contributed by atoms with Gasteiger partial charge in [0.05, 0.1) is 11.4 Å². The summed E-state index contributed by atoms with van der Waals surface area (Å²) in [7, 11) is 0. The topological polar surface area (TPSA) is 59.3 Å². The number of benzene rings is 1. The molecule has 1 aromatic heterocycles. The minimum Gasteiger partial charge on any atom is -0.451 e. The van der Waals surface area contributed by atoms with Crippen LogP contribution in [0.4, 0.5) is 0 Å². The summed E-state index contributed by atoms with van der Waals surface area (Å²) >= 11 is 0. The molecule has 4 nitrogen and oxygen atoms in total. The molecule has 90 valence electrons. The molecule has 0 aliphatic carbocycles. The lowest BCUT2D eigenvalue weighted by atomic mass is 10.2. The van der Waals surface area contributed by atoms with Crippen molar-refractivity contribution in [2.75, 3.05) is 0 Å². The molecule has 0 radical (unpaired) electrons. The van der Waals surface area contributed by atoms with Crippen LogP contribution in [0.15, 0.2) is 39.5 Å². The van der Waals surface area contributed by atoms with Gasteiger partial charge < -0.3 is 9.73 Å². The molecule has 1 amide bonds. The van der Waals surface area contributed by atoms with Gasteiger partial charge in [-0.25, -0.2) is 0 Å². The number of carbonyl (C=O) groups excluding carboxylic acids is 1. The van der Waals surface area contributed by atoms with E-state index in [-0.39, 0.29) is 11.2 Å². The van der Waals surface area contributed by atoms with Gasteiger partial charge in [-0.05, 0) is 19.1 Å². The molecule has 18 heavy (non-hydrogen) atoms. The van der Waals surface area contributed by atoms with Crippen molar-refractivity contribution in [2.45, 2.75) is 13.0 Å². The number of para-hydroxylation sites is 1. The second-order valence-electron chi connectivity index (χ2n) is 3.83. The van der Waals surface area contributed by atoms with E-state index in [9.17, 15) is 9.59 Å². The van der Waals surface area contributed by atoms with Crippen molar-refractivity contribution in [1.29, 1.82) is 0 Å². The molecule has 4 heteroatoms. The molecule has 0 bridgehead atoms. The van der Waals surface area contributed by atoms with Gasteiger partial charge in [0.25, 0.3) is 5.91 Å². The number of hydrogen-bond donors (Lipinski definition) is 1. The first-order chi connectivity index (χ1) is 8.61. The molecule has 1 aromatic carbocycles. The van der Waals surface area contributed by atoms with Gasteiger partial charge in [-0.3, -0.25) is 9.59 Å². The minimum atomic E-state index is -0.497. The van der Waals surface area contributed by atoms with Gasteiger partial charge >= 0.3 is 0 Å². The fourth-order valence-corrected chi connectivity index (χ4v) is 1.53. The first kappa shape index (κ1) is 11.9. The fourth-order valence-electron chi connectivity index (χ4n) is 1.53. The van der Waals surface area contributed by atoms with Crippen LogP contribution >= 0.6 is 0 Å². The highest BCUT2D eigenvalue weighted by Crippen LogP contribution is 2.11. The molecule has 0 aliphatic rings. The second kappa shape index (κ2) is 4.76. The predicted octanol–water partition coefficient (Wildman–Crippen LogP) is 1.54. The number of amides is 1. The highest BCUT2D eigenvalue weighted by atomic mass is 16.3. The maximum absolute atomic E-state index is 11.8. The standard InChI is InChI=1S/C14H11NO3/c1-3-9(2)15-14(17)13-8-11(16)10-6-4-5-7-12(10)18-13/h1,4-9H,2H3,(H,15,17). The second-order valence-corrected chi connectivity index (χ2v) is 3.83. The SMILES string of the molecule is C#CC(C)NC(=O)c1cc(=O)c2ccccc2o1. The number of terminal acetylenes is 1. The quantitative estimate of drug-likeness (QED) is 0.811. The monoisotopic (exact) mass is 241 g/mol. The summed E-state index contributed by atoms with van der Waals surface area (Å²) in [6, 6.07) is 7.50. The third kappa shape index (κ3) is 2.25. The molecule has 1 atom stereocenters. The summed E-state index contributed by atoms with van der Waals surface area (Å²) in [4.78, 5) is 23.5. The Kier molecular flexibility index (Phi) is 3.16. The van der Waals surface area contributed by atoms with Crippen molar-refractivity contribution in [2.24, 2.45) is 0 Å². The van der Waals surface area contributed by atoms with Crippen LogP contribution < -0.4 is 10.7 Å². The molecule has 0 fully saturated rings. The predicted molar refractivity (Wildman–Crippen MR) is 68.2 cm³/mol. The lowest BCUT2D eigenvalue weighted by molar-refractivity contribution is 0.0921. The van der Waals surface area contributed by atoms with E-state index in [4.69, 9.17) is 10.8 Å².